The Hall–Kier alpha value is -0.780. The van der Waals surface area contributed by atoms with Crippen LogP contribution in [-0.4, -0.2) is 49.3 Å². The number of unbranched alkanes of at least 4 members (excludes halogenated alkanes) is 1. The van der Waals surface area contributed by atoms with Gasteiger partial charge in [-0.3, -0.25) is 9.59 Å². The first-order valence-corrected chi connectivity index (χ1v) is 8.61. The van der Waals surface area contributed by atoms with Crippen molar-refractivity contribution in [1.82, 2.24) is 16.0 Å². The number of Topliss-reactive ketones (excluding diaryl/α,β-unsaturated/α-hetero) is 2. The minimum absolute atomic E-state index is 0.101. The molecule has 22 heavy (non-hydrogen) atoms. The van der Waals surface area contributed by atoms with E-state index in [-0.39, 0.29) is 24.2 Å². The highest BCUT2D eigenvalue weighted by atomic mass is 16.1. The summed E-state index contributed by atoms with van der Waals surface area (Å²) in [5.74, 6) is 0.297. The van der Waals surface area contributed by atoms with E-state index >= 15 is 0 Å². The van der Waals surface area contributed by atoms with Gasteiger partial charge in [0.2, 0.25) is 0 Å². The second kappa shape index (κ2) is 12.7. The van der Waals surface area contributed by atoms with Gasteiger partial charge in [-0.25, -0.2) is 0 Å². The van der Waals surface area contributed by atoms with Crippen molar-refractivity contribution in [3.8, 4) is 0 Å². The summed E-state index contributed by atoms with van der Waals surface area (Å²) in [6.45, 7) is 11.7. The van der Waals surface area contributed by atoms with Crippen molar-refractivity contribution in [1.29, 1.82) is 0 Å². The summed E-state index contributed by atoms with van der Waals surface area (Å²) in [5, 5.41) is 9.61. The summed E-state index contributed by atoms with van der Waals surface area (Å²) in [4.78, 5) is 23.7. The smallest absolute Gasteiger partial charge is 0.160 e. The molecule has 5 heteroatoms. The number of nitrogens with one attached hydrogen (secondary N) is 3. The molecular weight excluding hydrogens is 278 g/mol. The summed E-state index contributed by atoms with van der Waals surface area (Å²) in [6.07, 6.45) is 3.36. The molecule has 0 saturated carbocycles. The van der Waals surface area contributed by atoms with Gasteiger partial charge in [-0.15, -0.1) is 0 Å². The van der Waals surface area contributed by atoms with Gasteiger partial charge in [0.15, 0.2) is 5.78 Å². The minimum atomic E-state index is -0.188. The van der Waals surface area contributed by atoms with E-state index in [0.717, 1.165) is 25.8 Å². The van der Waals surface area contributed by atoms with Crippen molar-refractivity contribution in [2.45, 2.75) is 78.4 Å². The van der Waals surface area contributed by atoms with E-state index in [1.54, 1.807) is 0 Å². The Kier molecular flexibility index (Phi) is 12.3. The van der Waals surface area contributed by atoms with Crippen LogP contribution in [0.5, 0.6) is 0 Å². The summed E-state index contributed by atoms with van der Waals surface area (Å²) >= 11 is 0. The largest absolute Gasteiger partial charge is 0.315 e. The molecule has 0 aromatic carbocycles. The van der Waals surface area contributed by atoms with Gasteiger partial charge < -0.3 is 16.0 Å². The van der Waals surface area contributed by atoms with E-state index in [1.165, 1.54) is 0 Å². The van der Waals surface area contributed by atoms with Gasteiger partial charge in [-0.2, -0.15) is 0 Å². The lowest BCUT2D eigenvalue weighted by Gasteiger charge is -2.17. The molecule has 0 aliphatic carbocycles. The number of rotatable bonds is 14. The molecule has 0 spiro atoms. The number of carbonyl (C=O) groups excluding carboxylic acids is 2. The molecule has 130 valence electrons. The van der Waals surface area contributed by atoms with Gasteiger partial charge in [0.25, 0.3) is 0 Å². The van der Waals surface area contributed by atoms with Crippen LogP contribution < -0.4 is 16.0 Å². The molecule has 0 aromatic heterocycles. The van der Waals surface area contributed by atoms with Gasteiger partial charge in [0.1, 0.15) is 5.78 Å². The van der Waals surface area contributed by atoms with Crippen LogP contribution in [0.2, 0.25) is 0 Å². The first-order chi connectivity index (χ1) is 10.4. The summed E-state index contributed by atoms with van der Waals surface area (Å²) in [7, 11) is 0. The lowest BCUT2D eigenvalue weighted by Crippen LogP contribution is -2.42. The Morgan fingerprint density at radius 2 is 1.45 bits per heavy atom. The summed E-state index contributed by atoms with van der Waals surface area (Å²) < 4.78 is 0. The van der Waals surface area contributed by atoms with Gasteiger partial charge >= 0.3 is 0 Å². The van der Waals surface area contributed by atoms with Crippen molar-refractivity contribution in [3.05, 3.63) is 0 Å². The second-order valence-electron chi connectivity index (χ2n) is 6.43. The predicted octanol–water partition coefficient (Wildman–Crippen LogP) is 1.66. The lowest BCUT2D eigenvalue weighted by molar-refractivity contribution is -0.121. The molecule has 0 aromatic rings. The normalized spacial score (nSPS) is 12.9. The van der Waals surface area contributed by atoms with Crippen LogP contribution in [0.25, 0.3) is 0 Å². The molecule has 0 radical (unpaired) electrons. The Morgan fingerprint density at radius 1 is 0.864 bits per heavy atom. The van der Waals surface area contributed by atoms with Crippen molar-refractivity contribution < 1.29 is 9.59 Å². The zero-order valence-electron chi connectivity index (χ0n) is 15.0. The highest BCUT2D eigenvalue weighted by molar-refractivity contribution is 5.86. The Morgan fingerprint density at radius 3 is 2.00 bits per heavy atom. The van der Waals surface area contributed by atoms with Crippen LogP contribution in [-0.2, 0) is 9.59 Å². The maximum Gasteiger partial charge on any atom is 0.160 e. The SMILES string of the molecule is CCC(=O)C(CCCCNC(C)C)NCC(=O)CNC(C)C. The number of carbonyl (C=O) groups is 2. The quantitative estimate of drug-likeness (QED) is 0.426. The Bertz CT molecular complexity index is 317. The third-order valence-electron chi connectivity index (χ3n) is 3.46. The molecular formula is C17H35N3O2. The molecule has 0 rings (SSSR count). The molecule has 0 saturated heterocycles. The van der Waals surface area contributed by atoms with E-state index in [4.69, 9.17) is 0 Å². The molecule has 0 aliphatic heterocycles. The van der Waals surface area contributed by atoms with Crippen LogP contribution in [0, 0.1) is 0 Å². The Balaban J connectivity index is 4.02. The van der Waals surface area contributed by atoms with E-state index < -0.39 is 0 Å². The first-order valence-electron chi connectivity index (χ1n) is 8.61. The molecule has 1 atom stereocenters. The third kappa shape index (κ3) is 11.8. The van der Waals surface area contributed by atoms with Crippen LogP contribution in [0.3, 0.4) is 0 Å². The third-order valence-corrected chi connectivity index (χ3v) is 3.46. The topological polar surface area (TPSA) is 70.2 Å². The zero-order chi connectivity index (χ0) is 17.0. The standard InChI is InChI=1S/C17H35N3O2/c1-6-17(22)16(9-7-8-10-18-13(2)3)20-12-15(21)11-19-14(4)5/h13-14,16,18-20H,6-12H2,1-5H3. The van der Waals surface area contributed by atoms with Crippen molar-refractivity contribution in [2.75, 3.05) is 19.6 Å². The summed E-state index contributed by atoms with van der Waals surface area (Å²) in [5.41, 5.74) is 0. The molecule has 0 heterocycles. The molecule has 1 unspecified atom stereocenters. The second-order valence-corrected chi connectivity index (χ2v) is 6.43. The van der Waals surface area contributed by atoms with Gasteiger partial charge in [0.05, 0.1) is 19.1 Å². The zero-order valence-corrected chi connectivity index (χ0v) is 15.0. The highest BCUT2D eigenvalue weighted by Crippen LogP contribution is 2.04. The average molecular weight is 313 g/mol. The van der Waals surface area contributed by atoms with Crippen molar-refractivity contribution >= 4 is 11.6 Å². The fourth-order valence-electron chi connectivity index (χ4n) is 2.10. The van der Waals surface area contributed by atoms with Crippen LogP contribution in [0.1, 0.15) is 60.3 Å². The van der Waals surface area contributed by atoms with E-state index in [0.29, 0.717) is 25.0 Å². The van der Waals surface area contributed by atoms with E-state index in [2.05, 4.69) is 29.8 Å². The maximum absolute atomic E-state index is 12.0. The van der Waals surface area contributed by atoms with Crippen molar-refractivity contribution in [3.63, 3.8) is 0 Å². The predicted molar refractivity (Wildman–Crippen MR) is 92.2 cm³/mol. The minimum Gasteiger partial charge on any atom is -0.315 e. The first kappa shape index (κ1) is 21.2. The lowest BCUT2D eigenvalue weighted by atomic mass is 10.0. The fraction of sp³-hybridized carbons (Fsp3) is 0.882. The van der Waals surface area contributed by atoms with Gasteiger partial charge in [0, 0.05) is 18.5 Å². The monoisotopic (exact) mass is 313 g/mol. The van der Waals surface area contributed by atoms with Crippen LogP contribution in [0.15, 0.2) is 0 Å². The molecule has 0 bridgehead atoms. The maximum atomic E-state index is 12.0. The fourth-order valence-corrected chi connectivity index (χ4v) is 2.10. The molecule has 0 fully saturated rings. The summed E-state index contributed by atoms with van der Waals surface area (Å²) in [6, 6.07) is 0.606. The number of hydrogen-bond donors (Lipinski definition) is 3. The molecule has 3 N–H and O–H groups in total. The van der Waals surface area contributed by atoms with Crippen molar-refractivity contribution in [2.24, 2.45) is 0 Å². The number of hydrogen-bond acceptors (Lipinski definition) is 5. The highest BCUT2D eigenvalue weighted by Gasteiger charge is 2.16. The molecule has 5 nitrogen and oxygen atoms in total. The molecule has 0 aliphatic rings. The average Bonchev–Trinajstić information content (AvgIpc) is 2.46. The van der Waals surface area contributed by atoms with Gasteiger partial charge in [-0.1, -0.05) is 41.0 Å². The van der Waals surface area contributed by atoms with Crippen LogP contribution in [0.4, 0.5) is 0 Å². The Labute approximate surface area is 136 Å². The van der Waals surface area contributed by atoms with E-state index in [9.17, 15) is 9.59 Å². The number of ketones is 2. The van der Waals surface area contributed by atoms with Gasteiger partial charge in [-0.05, 0) is 19.4 Å². The van der Waals surface area contributed by atoms with E-state index in [1.807, 2.05) is 20.8 Å². The molecule has 0 amide bonds. The van der Waals surface area contributed by atoms with Crippen LogP contribution >= 0.6 is 0 Å².